The Morgan fingerprint density at radius 1 is 1.21 bits per heavy atom. The molecule has 4 rings (SSSR count). The Kier molecular flexibility index (Phi) is 9.01. The van der Waals surface area contributed by atoms with Crippen molar-refractivity contribution < 1.29 is 24.2 Å². The number of aliphatic hydroxyl groups excluding tert-OH is 1. The Bertz CT molecular complexity index is 1070. The first kappa shape index (κ1) is 29.5. The van der Waals surface area contributed by atoms with E-state index in [1.807, 2.05) is 38.1 Å². The number of carbonyl (C=O) groups is 3. The molecule has 1 aromatic carbocycles. The zero-order valence-corrected chi connectivity index (χ0v) is 24.7. The molecule has 1 spiro atoms. The van der Waals surface area contributed by atoms with Crippen LogP contribution in [0.15, 0.2) is 36.9 Å². The molecule has 3 saturated heterocycles. The summed E-state index contributed by atoms with van der Waals surface area (Å²) in [6.45, 7) is 15.8. The van der Waals surface area contributed by atoms with Gasteiger partial charge in [0.2, 0.25) is 5.91 Å². The summed E-state index contributed by atoms with van der Waals surface area (Å²) >= 11 is 1.61. The third kappa shape index (κ3) is 4.86. The number of esters is 1. The number of amides is 2. The van der Waals surface area contributed by atoms with Gasteiger partial charge in [-0.25, -0.2) is 0 Å². The zero-order chi connectivity index (χ0) is 28.5. The van der Waals surface area contributed by atoms with Crippen molar-refractivity contribution in [2.24, 2.45) is 17.8 Å². The SMILES string of the molecule is C=CCN(C(=O)C1N([C@@H](CO)C(C)C)C(=O)[C@@H]2[C@@H](C(=O)OCC)[C@H]3CCC12S3)c1ccc(N(CC)CC)cc1. The lowest BCUT2D eigenvalue weighted by atomic mass is 9.71. The number of fused-ring (bicyclic) bond motifs is 1. The van der Waals surface area contributed by atoms with E-state index >= 15 is 0 Å². The average molecular weight is 558 g/mol. The van der Waals surface area contributed by atoms with Crippen molar-refractivity contribution in [3.63, 3.8) is 0 Å². The molecule has 6 atom stereocenters. The highest BCUT2D eigenvalue weighted by Gasteiger charge is 2.75. The molecule has 3 fully saturated rings. The van der Waals surface area contributed by atoms with Crippen molar-refractivity contribution in [2.45, 2.75) is 69.5 Å². The smallest absolute Gasteiger partial charge is 0.310 e. The van der Waals surface area contributed by atoms with E-state index in [1.165, 1.54) is 0 Å². The van der Waals surface area contributed by atoms with Crippen molar-refractivity contribution in [3.8, 4) is 0 Å². The van der Waals surface area contributed by atoms with Crippen LogP contribution in [-0.4, -0.2) is 82.7 Å². The van der Waals surface area contributed by atoms with Crippen molar-refractivity contribution in [2.75, 3.05) is 42.6 Å². The minimum Gasteiger partial charge on any atom is -0.466 e. The minimum atomic E-state index is -0.800. The van der Waals surface area contributed by atoms with Crippen LogP contribution in [0.4, 0.5) is 11.4 Å². The molecule has 1 aromatic rings. The van der Waals surface area contributed by atoms with Crippen LogP contribution in [0.3, 0.4) is 0 Å². The second kappa shape index (κ2) is 11.9. The molecule has 3 aliphatic heterocycles. The average Bonchev–Trinajstić information content (AvgIpc) is 3.56. The fraction of sp³-hybridized carbons (Fsp3) is 0.633. The van der Waals surface area contributed by atoms with Gasteiger partial charge in [-0.3, -0.25) is 14.4 Å². The predicted molar refractivity (Wildman–Crippen MR) is 156 cm³/mol. The summed E-state index contributed by atoms with van der Waals surface area (Å²) in [7, 11) is 0. The van der Waals surface area contributed by atoms with Gasteiger partial charge in [0.25, 0.3) is 5.91 Å². The first-order chi connectivity index (χ1) is 18.7. The van der Waals surface area contributed by atoms with Crippen molar-refractivity contribution in [3.05, 3.63) is 36.9 Å². The van der Waals surface area contributed by atoms with Gasteiger partial charge in [-0.2, -0.15) is 0 Å². The molecule has 2 bridgehead atoms. The highest BCUT2D eigenvalue weighted by molar-refractivity contribution is 8.02. The van der Waals surface area contributed by atoms with Crippen LogP contribution in [0.25, 0.3) is 0 Å². The number of rotatable bonds is 12. The number of nitrogens with zero attached hydrogens (tertiary/aromatic N) is 3. The summed E-state index contributed by atoms with van der Waals surface area (Å²) in [6.07, 6.45) is 3.11. The van der Waals surface area contributed by atoms with Crippen LogP contribution in [-0.2, 0) is 19.1 Å². The van der Waals surface area contributed by atoms with Gasteiger partial charge in [0.15, 0.2) is 0 Å². The number of likely N-dealkylation sites (tertiary alicyclic amines) is 1. The topological polar surface area (TPSA) is 90.4 Å². The van der Waals surface area contributed by atoms with E-state index in [1.54, 1.807) is 34.6 Å². The number of benzene rings is 1. The zero-order valence-electron chi connectivity index (χ0n) is 23.8. The Labute approximate surface area is 236 Å². The van der Waals surface area contributed by atoms with Crippen LogP contribution in [0.5, 0.6) is 0 Å². The van der Waals surface area contributed by atoms with E-state index in [2.05, 4.69) is 25.3 Å². The fourth-order valence-corrected chi connectivity index (χ4v) is 9.07. The second-order valence-electron chi connectivity index (χ2n) is 11.0. The van der Waals surface area contributed by atoms with Gasteiger partial charge in [0.1, 0.15) is 6.04 Å². The maximum absolute atomic E-state index is 14.7. The van der Waals surface area contributed by atoms with Crippen molar-refractivity contribution in [1.29, 1.82) is 0 Å². The van der Waals surface area contributed by atoms with E-state index in [0.717, 1.165) is 30.9 Å². The van der Waals surface area contributed by atoms with Gasteiger partial charge < -0.3 is 24.5 Å². The van der Waals surface area contributed by atoms with Crippen molar-refractivity contribution in [1.82, 2.24) is 4.90 Å². The number of hydrogen-bond acceptors (Lipinski definition) is 7. The van der Waals surface area contributed by atoms with Gasteiger partial charge in [-0.15, -0.1) is 18.3 Å². The highest BCUT2D eigenvalue weighted by Crippen LogP contribution is 2.67. The predicted octanol–water partition coefficient (Wildman–Crippen LogP) is 3.72. The van der Waals surface area contributed by atoms with Gasteiger partial charge in [-0.1, -0.05) is 19.9 Å². The van der Waals surface area contributed by atoms with Gasteiger partial charge in [0, 0.05) is 36.3 Å². The molecule has 0 radical (unpaired) electrons. The highest BCUT2D eigenvalue weighted by atomic mass is 32.2. The molecular formula is C30H43N3O5S. The van der Waals surface area contributed by atoms with Gasteiger partial charge >= 0.3 is 5.97 Å². The normalized spacial score (nSPS) is 28.0. The summed E-state index contributed by atoms with van der Waals surface area (Å²) in [5, 5.41) is 10.4. The molecule has 3 heterocycles. The Morgan fingerprint density at radius 2 is 1.85 bits per heavy atom. The fourth-order valence-electron chi connectivity index (χ4n) is 6.89. The molecule has 2 unspecified atom stereocenters. The molecule has 9 heteroatoms. The summed E-state index contributed by atoms with van der Waals surface area (Å²) in [6, 6.07) is 6.58. The van der Waals surface area contributed by atoms with Crippen LogP contribution in [0, 0.1) is 17.8 Å². The number of aliphatic hydroxyl groups is 1. The molecule has 0 aliphatic carbocycles. The van der Waals surface area contributed by atoms with Crippen molar-refractivity contribution >= 4 is 40.9 Å². The summed E-state index contributed by atoms with van der Waals surface area (Å²) in [5.74, 6) is -2.07. The summed E-state index contributed by atoms with van der Waals surface area (Å²) in [5.41, 5.74) is 1.81. The third-order valence-electron chi connectivity index (χ3n) is 8.71. The van der Waals surface area contributed by atoms with Gasteiger partial charge in [-0.05, 0) is 63.8 Å². The lowest BCUT2D eigenvalue weighted by Crippen LogP contribution is -2.58. The molecule has 8 nitrogen and oxygen atoms in total. The molecule has 1 N–H and O–H groups in total. The molecule has 0 aromatic heterocycles. The Hall–Kier alpha value is -2.52. The van der Waals surface area contributed by atoms with Crippen LogP contribution >= 0.6 is 11.8 Å². The number of carbonyl (C=O) groups excluding carboxylic acids is 3. The number of ether oxygens (including phenoxy) is 1. The van der Waals surface area contributed by atoms with Crippen LogP contribution in [0.1, 0.15) is 47.5 Å². The second-order valence-corrected chi connectivity index (χ2v) is 12.6. The van der Waals surface area contributed by atoms with Crippen LogP contribution in [0.2, 0.25) is 0 Å². The summed E-state index contributed by atoms with van der Waals surface area (Å²) in [4.78, 5) is 47.5. The first-order valence-corrected chi connectivity index (χ1v) is 15.1. The molecular weight excluding hydrogens is 514 g/mol. The standard InChI is InChI=1S/C30H43N3O5S/c1-7-17-32(21-13-11-20(12-14-21)31(8-2)9-3)28(36)26-30-16-15-23(39-30)24(29(37)38-10-4)25(30)27(35)33(26)22(18-34)19(5)6/h7,11-14,19,22-26,34H,1,8-10,15-18H2,2-6H3/t22-,23+,24-,25-,26?,30?/m0/s1. The molecule has 0 saturated carbocycles. The molecule has 214 valence electrons. The summed E-state index contributed by atoms with van der Waals surface area (Å²) < 4.78 is 4.68. The molecule has 39 heavy (non-hydrogen) atoms. The third-order valence-corrected chi connectivity index (χ3v) is 10.7. The Morgan fingerprint density at radius 3 is 2.38 bits per heavy atom. The molecule has 3 aliphatic rings. The van der Waals surface area contributed by atoms with Crippen LogP contribution < -0.4 is 9.80 Å². The van der Waals surface area contributed by atoms with E-state index in [9.17, 15) is 19.5 Å². The van der Waals surface area contributed by atoms with E-state index in [-0.39, 0.29) is 48.7 Å². The molecule has 2 amide bonds. The lowest BCUT2D eigenvalue weighted by molar-refractivity contribution is -0.154. The monoisotopic (exact) mass is 557 g/mol. The maximum Gasteiger partial charge on any atom is 0.310 e. The maximum atomic E-state index is 14.7. The van der Waals surface area contributed by atoms with E-state index in [0.29, 0.717) is 6.42 Å². The van der Waals surface area contributed by atoms with E-state index in [4.69, 9.17) is 4.74 Å². The largest absolute Gasteiger partial charge is 0.466 e. The van der Waals surface area contributed by atoms with Gasteiger partial charge in [0.05, 0.1) is 35.8 Å². The van der Waals surface area contributed by atoms with E-state index < -0.39 is 28.7 Å². The number of hydrogen-bond donors (Lipinski definition) is 1. The lowest BCUT2D eigenvalue weighted by Gasteiger charge is -2.40. The number of thioether (sulfide) groups is 1. The number of anilines is 2. The Balaban J connectivity index is 1.78. The quantitative estimate of drug-likeness (QED) is 0.309. The first-order valence-electron chi connectivity index (χ1n) is 14.2. The minimum absolute atomic E-state index is 0.0525.